The predicted octanol–water partition coefficient (Wildman–Crippen LogP) is 10.4. The molecule has 2 aliphatic rings. The van der Waals surface area contributed by atoms with Crippen LogP contribution in [-0.2, 0) is 6.42 Å². The zero-order chi connectivity index (χ0) is 23.6. The Hall–Kier alpha value is -2.08. The van der Waals surface area contributed by atoms with Crippen LogP contribution in [0.25, 0.3) is 11.1 Å². The molecule has 1 atom stereocenters. The van der Waals surface area contributed by atoms with Crippen molar-refractivity contribution in [1.29, 1.82) is 0 Å². The zero-order valence-electron chi connectivity index (χ0n) is 21.6. The van der Waals surface area contributed by atoms with E-state index in [4.69, 9.17) is 0 Å². The van der Waals surface area contributed by atoms with E-state index in [9.17, 15) is 0 Å². The van der Waals surface area contributed by atoms with Gasteiger partial charge in [0, 0.05) is 0 Å². The Morgan fingerprint density at radius 2 is 1.47 bits per heavy atom. The van der Waals surface area contributed by atoms with Crippen LogP contribution in [0.3, 0.4) is 0 Å². The van der Waals surface area contributed by atoms with Gasteiger partial charge in [0.25, 0.3) is 0 Å². The third-order valence-corrected chi connectivity index (χ3v) is 8.63. The van der Waals surface area contributed by atoms with Crippen molar-refractivity contribution in [3.63, 3.8) is 0 Å². The fourth-order valence-corrected chi connectivity index (χ4v) is 6.35. The number of hydrogen-bond acceptors (Lipinski definition) is 0. The van der Waals surface area contributed by atoms with Crippen LogP contribution in [0.4, 0.5) is 0 Å². The average Bonchev–Trinajstić information content (AvgIpc) is 2.90. The molecule has 0 radical (unpaired) electrons. The Kier molecular flexibility index (Phi) is 9.66. The summed E-state index contributed by atoms with van der Waals surface area (Å²) < 4.78 is 0. The van der Waals surface area contributed by atoms with Gasteiger partial charge in [-0.15, -0.1) is 6.58 Å². The van der Waals surface area contributed by atoms with Gasteiger partial charge in [0.15, 0.2) is 0 Å². The van der Waals surface area contributed by atoms with Gasteiger partial charge in [-0.3, -0.25) is 0 Å². The molecule has 0 nitrogen and oxygen atoms in total. The fraction of sp³-hybridized carbons (Fsp3) is 0.529. The van der Waals surface area contributed by atoms with E-state index in [1.165, 1.54) is 100 Å². The molecule has 0 spiro atoms. The Morgan fingerprint density at radius 3 is 2.09 bits per heavy atom. The molecule has 1 unspecified atom stereocenters. The van der Waals surface area contributed by atoms with Crippen molar-refractivity contribution in [2.45, 2.75) is 103 Å². The number of benzene rings is 2. The van der Waals surface area contributed by atoms with E-state index >= 15 is 0 Å². The second-order valence-electron chi connectivity index (χ2n) is 11.0. The lowest BCUT2D eigenvalue weighted by Crippen LogP contribution is -2.22. The van der Waals surface area contributed by atoms with Gasteiger partial charge in [-0.25, -0.2) is 0 Å². The Morgan fingerprint density at radius 1 is 0.765 bits per heavy atom. The van der Waals surface area contributed by atoms with E-state index in [2.05, 4.69) is 74.2 Å². The molecule has 0 heteroatoms. The van der Waals surface area contributed by atoms with E-state index in [0.717, 1.165) is 24.2 Å². The molecule has 2 aromatic carbocycles. The maximum absolute atomic E-state index is 3.86. The quantitative estimate of drug-likeness (QED) is 0.234. The van der Waals surface area contributed by atoms with Crippen molar-refractivity contribution in [3.05, 3.63) is 84.0 Å². The summed E-state index contributed by atoms with van der Waals surface area (Å²) in [7, 11) is 0. The second kappa shape index (κ2) is 13.1. The monoisotopic (exact) mass is 454 g/mol. The topological polar surface area (TPSA) is 0 Å². The molecule has 0 N–H and O–H groups in total. The third-order valence-electron chi connectivity index (χ3n) is 8.63. The van der Waals surface area contributed by atoms with Crippen LogP contribution in [-0.4, -0.2) is 0 Å². The first-order chi connectivity index (χ1) is 16.8. The summed E-state index contributed by atoms with van der Waals surface area (Å²) in [5.74, 6) is 2.66. The van der Waals surface area contributed by atoms with Crippen LogP contribution in [0.15, 0.2) is 72.8 Å². The molecule has 0 aliphatic heterocycles. The third kappa shape index (κ3) is 6.97. The summed E-state index contributed by atoms with van der Waals surface area (Å²) in [6.07, 6.45) is 23.3. The molecule has 34 heavy (non-hydrogen) atoms. The van der Waals surface area contributed by atoms with E-state index in [1.54, 1.807) is 11.1 Å². The smallest absolute Gasteiger partial charge is 0.0162 e. The van der Waals surface area contributed by atoms with E-state index in [1.807, 2.05) is 0 Å². The number of allylic oxidation sites excluding steroid dienone is 3. The molecule has 182 valence electrons. The van der Waals surface area contributed by atoms with Gasteiger partial charge in [0.1, 0.15) is 0 Å². The maximum Gasteiger partial charge on any atom is -0.0162 e. The van der Waals surface area contributed by atoms with Gasteiger partial charge in [-0.2, -0.15) is 0 Å². The molecule has 0 saturated heterocycles. The fourth-order valence-electron chi connectivity index (χ4n) is 6.35. The van der Waals surface area contributed by atoms with Gasteiger partial charge in [0.2, 0.25) is 0 Å². The SMILES string of the molecule is C=CCCCC1=CCC(C2CCC(c3ccc(-c4ccc(CCCCC)cc4)cc3)CC2)CC1. The standard InChI is InChI=1S/C34H46/c1-3-5-7-9-27-11-15-29(16-12-27)31-19-23-33(24-20-31)34-25-21-32(22-26-34)30-17-13-28(14-18-30)10-8-6-4-2/h3,11,13-14,17-18,21-22,25-26,29,31,33H,1,4-10,12,15-16,19-20,23-24H2,2H3. The normalized spacial score (nSPS) is 22.9. The highest BCUT2D eigenvalue weighted by molar-refractivity contribution is 5.64. The number of hydrogen-bond donors (Lipinski definition) is 0. The molecule has 0 heterocycles. The first kappa shape index (κ1) is 25.0. The highest BCUT2D eigenvalue weighted by atomic mass is 14.3. The van der Waals surface area contributed by atoms with E-state index < -0.39 is 0 Å². The average molecular weight is 455 g/mol. The largest absolute Gasteiger partial charge is 0.103 e. The Balaban J connectivity index is 1.25. The van der Waals surface area contributed by atoms with Crippen LogP contribution in [0.1, 0.15) is 107 Å². The number of unbranched alkanes of at least 4 members (excludes halogenated alkanes) is 3. The summed E-state index contributed by atoms with van der Waals surface area (Å²) in [4.78, 5) is 0. The van der Waals surface area contributed by atoms with Crippen molar-refractivity contribution < 1.29 is 0 Å². The molecule has 1 saturated carbocycles. The van der Waals surface area contributed by atoms with Gasteiger partial charge in [0.05, 0.1) is 0 Å². The molecule has 4 rings (SSSR count). The maximum atomic E-state index is 3.86. The minimum atomic E-state index is 0.764. The minimum Gasteiger partial charge on any atom is -0.103 e. The lowest BCUT2D eigenvalue weighted by atomic mass is 9.70. The highest BCUT2D eigenvalue weighted by Gasteiger charge is 2.29. The lowest BCUT2D eigenvalue weighted by Gasteiger charge is -2.35. The van der Waals surface area contributed by atoms with E-state index in [0.29, 0.717) is 0 Å². The van der Waals surface area contributed by atoms with Crippen LogP contribution in [0.5, 0.6) is 0 Å². The van der Waals surface area contributed by atoms with Gasteiger partial charge in [-0.1, -0.05) is 86.0 Å². The Labute approximate surface area is 209 Å². The molecular weight excluding hydrogens is 408 g/mol. The molecule has 2 aromatic rings. The van der Waals surface area contributed by atoms with Crippen molar-refractivity contribution >= 4 is 0 Å². The number of rotatable bonds is 11. The zero-order valence-corrected chi connectivity index (χ0v) is 21.6. The van der Waals surface area contributed by atoms with Crippen LogP contribution >= 0.6 is 0 Å². The van der Waals surface area contributed by atoms with E-state index in [-0.39, 0.29) is 0 Å². The van der Waals surface area contributed by atoms with Crippen molar-refractivity contribution in [2.24, 2.45) is 11.8 Å². The van der Waals surface area contributed by atoms with Gasteiger partial charge >= 0.3 is 0 Å². The summed E-state index contributed by atoms with van der Waals surface area (Å²) in [5, 5.41) is 0. The second-order valence-corrected chi connectivity index (χ2v) is 11.0. The van der Waals surface area contributed by atoms with Gasteiger partial charge < -0.3 is 0 Å². The molecular formula is C34H46. The Bertz CT molecular complexity index is 890. The summed E-state index contributed by atoms with van der Waals surface area (Å²) in [5.41, 5.74) is 7.46. The van der Waals surface area contributed by atoms with Crippen LogP contribution in [0, 0.1) is 11.8 Å². The van der Waals surface area contributed by atoms with Crippen LogP contribution < -0.4 is 0 Å². The summed E-state index contributed by atoms with van der Waals surface area (Å²) >= 11 is 0. The van der Waals surface area contributed by atoms with Crippen molar-refractivity contribution in [3.8, 4) is 11.1 Å². The number of aryl methyl sites for hydroxylation is 1. The van der Waals surface area contributed by atoms with Gasteiger partial charge in [-0.05, 0) is 117 Å². The van der Waals surface area contributed by atoms with Crippen molar-refractivity contribution in [1.82, 2.24) is 0 Å². The summed E-state index contributed by atoms with van der Waals surface area (Å²) in [6, 6.07) is 18.8. The van der Waals surface area contributed by atoms with Crippen LogP contribution in [0.2, 0.25) is 0 Å². The first-order valence-electron chi connectivity index (χ1n) is 14.2. The van der Waals surface area contributed by atoms with Crippen molar-refractivity contribution in [2.75, 3.05) is 0 Å². The highest BCUT2D eigenvalue weighted by Crippen LogP contribution is 2.43. The molecule has 0 bridgehead atoms. The molecule has 2 aliphatic carbocycles. The first-order valence-corrected chi connectivity index (χ1v) is 14.2. The molecule has 0 amide bonds. The summed E-state index contributed by atoms with van der Waals surface area (Å²) in [6.45, 7) is 6.13. The lowest BCUT2D eigenvalue weighted by molar-refractivity contribution is 0.217. The molecule has 0 aromatic heterocycles. The molecule has 1 fully saturated rings. The minimum absolute atomic E-state index is 0.764. The predicted molar refractivity (Wildman–Crippen MR) is 149 cm³/mol.